The van der Waals surface area contributed by atoms with Crippen molar-refractivity contribution < 1.29 is 0 Å². The molecule has 0 aromatic carbocycles. The van der Waals surface area contributed by atoms with Gasteiger partial charge < -0.3 is 5.32 Å². The van der Waals surface area contributed by atoms with Crippen molar-refractivity contribution in [3.63, 3.8) is 0 Å². The third kappa shape index (κ3) is 1.32. The minimum atomic E-state index is 0.859. The molecule has 0 aliphatic heterocycles. The van der Waals surface area contributed by atoms with Crippen LogP contribution in [-0.2, 0) is 0 Å². The Balaban J connectivity index is 1.45. The maximum atomic E-state index is 3.79. The van der Waals surface area contributed by atoms with Crippen molar-refractivity contribution in [1.29, 1.82) is 0 Å². The van der Waals surface area contributed by atoms with E-state index >= 15 is 0 Å². The average molecular weight is 193 g/mol. The summed E-state index contributed by atoms with van der Waals surface area (Å²) in [7, 11) is 0. The van der Waals surface area contributed by atoms with Crippen LogP contribution in [0.3, 0.4) is 0 Å². The van der Waals surface area contributed by atoms with E-state index in [1.54, 1.807) is 19.3 Å². The summed E-state index contributed by atoms with van der Waals surface area (Å²) in [6, 6.07) is 0.944. The van der Waals surface area contributed by atoms with Gasteiger partial charge in [0.2, 0.25) is 0 Å². The highest BCUT2D eigenvalue weighted by atomic mass is 15.0. The molecule has 1 heteroatoms. The van der Waals surface area contributed by atoms with Gasteiger partial charge in [0.25, 0.3) is 0 Å². The third-order valence-corrected chi connectivity index (χ3v) is 4.84. The molecule has 4 atom stereocenters. The van der Waals surface area contributed by atoms with Gasteiger partial charge in [-0.15, -0.1) is 0 Å². The van der Waals surface area contributed by atoms with Crippen molar-refractivity contribution in [2.75, 3.05) is 6.54 Å². The van der Waals surface area contributed by atoms with Gasteiger partial charge in [0.15, 0.2) is 0 Å². The zero-order valence-electron chi connectivity index (χ0n) is 9.50. The van der Waals surface area contributed by atoms with Crippen LogP contribution in [0.4, 0.5) is 0 Å². The minimum Gasteiger partial charge on any atom is -0.313 e. The fourth-order valence-electron chi connectivity index (χ4n) is 4.14. The van der Waals surface area contributed by atoms with Crippen molar-refractivity contribution in [2.24, 2.45) is 29.6 Å². The van der Waals surface area contributed by atoms with Crippen molar-refractivity contribution in [2.45, 2.75) is 45.6 Å². The van der Waals surface area contributed by atoms with Crippen molar-refractivity contribution in [3.8, 4) is 0 Å². The number of rotatable bonds is 4. The Morgan fingerprint density at radius 3 is 2.36 bits per heavy atom. The van der Waals surface area contributed by atoms with E-state index in [0.29, 0.717) is 0 Å². The zero-order chi connectivity index (χ0) is 9.71. The maximum absolute atomic E-state index is 3.79. The second-order valence-corrected chi connectivity index (χ2v) is 6.15. The molecule has 0 heterocycles. The van der Waals surface area contributed by atoms with Crippen LogP contribution >= 0.6 is 0 Å². The first kappa shape index (κ1) is 9.21. The summed E-state index contributed by atoms with van der Waals surface area (Å²) < 4.78 is 0. The predicted octanol–water partition coefficient (Wildman–Crippen LogP) is 2.67. The Morgan fingerprint density at radius 1 is 1.14 bits per heavy atom. The van der Waals surface area contributed by atoms with Crippen LogP contribution in [-0.4, -0.2) is 12.6 Å². The van der Waals surface area contributed by atoms with Crippen molar-refractivity contribution in [3.05, 3.63) is 0 Å². The Bertz CT molecular complexity index is 207. The van der Waals surface area contributed by atoms with Gasteiger partial charge in [0.1, 0.15) is 0 Å². The van der Waals surface area contributed by atoms with Crippen molar-refractivity contribution in [1.82, 2.24) is 5.32 Å². The molecule has 2 bridgehead atoms. The molecule has 3 fully saturated rings. The Labute approximate surface area is 87.7 Å². The van der Waals surface area contributed by atoms with E-state index in [4.69, 9.17) is 0 Å². The molecule has 3 aliphatic carbocycles. The third-order valence-electron chi connectivity index (χ3n) is 4.84. The van der Waals surface area contributed by atoms with E-state index in [1.807, 2.05) is 0 Å². The summed E-state index contributed by atoms with van der Waals surface area (Å²) in [5.74, 6) is 5.34. The topological polar surface area (TPSA) is 12.0 Å². The summed E-state index contributed by atoms with van der Waals surface area (Å²) in [6.45, 7) is 5.90. The van der Waals surface area contributed by atoms with Gasteiger partial charge in [-0.25, -0.2) is 0 Å². The lowest BCUT2D eigenvalue weighted by molar-refractivity contribution is 0.444. The van der Waals surface area contributed by atoms with Gasteiger partial charge >= 0.3 is 0 Å². The maximum Gasteiger partial charge on any atom is 0.0135 e. The molecular formula is C13H23N. The van der Waals surface area contributed by atoms with Gasteiger partial charge in [-0.2, -0.15) is 0 Å². The molecule has 80 valence electrons. The lowest BCUT2D eigenvalue weighted by Gasteiger charge is -2.11. The standard InChI is InChI=1S/C13H23N/c1-8(2)5-6-14-13-11-9-3-4-10(7-9)12(11)13/h8-14H,3-7H2,1-2H3. The van der Waals surface area contributed by atoms with Gasteiger partial charge in [-0.05, 0) is 61.8 Å². The number of hydrogen-bond acceptors (Lipinski definition) is 1. The molecule has 3 aliphatic rings. The first-order chi connectivity index (χ1) is 6.77. The monoisotopic (exact) mass is 193 g/mol. The summed E-state index contributed by atoms with van der Waals surface area (Å²) >= 11 is 0. The quantitative estimate of drug-likeness (QED) is 0.724. The number of nitrogens with one attached hydrogen (secondary N) is 1. The van der Waals surface area contributed by atoms with E-state index in [1.165, 1.54) is 13.0 Å². The highest BCUT2D eigenvalue weighted by Gasteiger charge is 2.64. The lowest BCUT2D eigenvalue weighted by Crippen LogP contribution is -2.24. The fraction of sp³-hybridized carbons (Fsp3) is 1.00. The van der Waals surface area contributed by atoms with Gasteiger partial charge in [0, 0.05) is 6.04 Å². The summed E-state index contributed by atoms with van der Waals surface area (Å²) in [6.07, 6.45) is 6.03. The molecule has 0 spiro atoms. The summed E-state index contributed by atoms with van der Waals surface area (Å²) in [4.78, 5) is 0. The second kappa shape index (κ2) is 3.23. The summed E-state index contributed by atoms with van der Waals surface area (Å²) in [5.41, 5.74) is 0. The zero-order valence-corrected chi connectivity index (χ0v) is 9.50. The molecule has 1 nitrogen and oxygen atoms in total. The second-order valence-electron chi connectivity index (χ2n) is 6.15. The van der Waals surface area contributed by atoms with Gasteiger partial charge in [0.05, 0.1) is 0 Å². The molecule has 0 saturated heterocycles. The molecular weight excluding hydrogens is 170 g/mol. The highest BCUT2D eigenvalue weighted by molar-refractivity contribution is 5.16. The molecule has 0 aromatic rings. The Hall–Kier alpha value is -0.0400. The molecule has 0 amide bonds. The molecule has 4 unspecified atom stereocenters. The van der Waals surface area contributed by atoms with Crippen LogP contribution in [0.25, 0.3) is 0 Å². The SMILES string of the molecule is CC(C)CCNC1C2C3CCC(C3)C12. The van der Waals surface area contributed by atoms with E-state index in [2.05, 4.69) is 19.2 Å². The lowest BCUT2D eigenvalue weighted by atomic mass is 10.0. The molecule has 0 radical (unpaired) electrons. The molecule has 0 aromatic heterocycles. The number of fused-ring (bicyclic) bond motifs is 5. The van der Waals surface area contributed by atoms with E-state index in [9.17, 15) is 0 Å². The Kier molecular flexibility index (Phi) is 2.12. The van der Waals surface area contributed by atoms with Crippen LogP contribution in [0.5, 0.6) is 0 Å². The van der Waals surface area contributed by atoms with E-state index < -0.39 is 0 Å². The minimum absolute atomic E-state index is 0.859. The highest BCUT2D eigenvalue weighted by Crippen LogP contribution is 2.65. The normalized spacial score (nSPS) is 48.6. The Morgan fingerprint density at radius 2 is 1.79 bits per heavy atom. The average Bonchev–Trinajstić information content (AvgIpc) is 2.57. The molecule has 14 heavy (non-hydrogen) atoms. The fourth-order valence-corrected chi connectivity index (χ4v) is 4.14. The van der Waals surface area contributed by atoms with Crippen LogP contribution in [0.2, 0.25) is 0 Å². The van der Waals surface area contributed by atoms with Crippen molar-refractivity contribution >= 4 is 0 Å². The van der Waals surface area contributed by atoms with E-state index in [0.717, 1.165) is 35.6 Å². The van der Waals surface area contributed by atoms with E-state index in [-0.39, 0.29) is 0 Å². The largest absolute Gasteiger partial charge is 0.313 e. The van der Waals surface area contributed by atoms with Crippen LogP contribution in [0.1, 0.15) is 39.5 Å². The van der Waals surface area contributed by atoms with Crippen LogP contribution < -0.4 is 5.32 Å². The predicted molar refractivity (Wildman–Crippen MR) is 59.1 cm³/mol. The smallest absolute Gasteiger partial charge is 0.0135 e. The van der Waals surface area contributed by atoms with Crippen LogP contribution in [0, 0.1) is 29.6 Å². The van der Waals surface area contributed by atoms with Gasteiger partial charge in [-0.3, -0.25) is 0 Å². The van der Waals surface area contributed by atoms with Crippen LogP contribution in [0.15, 0.2) is 0 Å². The first-order valence-corrected chi connectivity index (χ1v) is 6.50. The number of hydrogen-bond donors (Lipinski definition) is 1. The first-order valence-electron chi connectivity index (χ1n) is 6.50. The summed E-state index contributed by atoms with van der Waals surface area (Å²) in [5, 5.41) is 3.79. The molecule has 1 N–H and O–H groups in total. The molecule has 3 saturated carbocycles. The molecule has 3 rings (SSSR count). The van der Waals surface area contributed by atoms with Gasteiger partial charge in [-0.1, -0.05) is 13.8 Å².